The number of hydrogen-bond acceptors (Lipinski definition) is 6. The molecule has 0 amide bonds. The molecule has 0 saturated heterocycles. The van der Waals surface area contributed by atoms with Gasteiger partial charge in [0.25, 0.3) is 10.0 Å². The van der Waals surface area contributed by atoms with Crippen LogP contribution in [0.25, 0.3) is 11.0 Å². The lowest BCUT2D eigenvalue weighted by Gasteiger charge is -2.15. The lowest BCUT2D eigenvalue weighted by molar-refractivity contribution is -0.137. The predicted octanol–water partition coefficient (Wildman–Crippen LogP) is 3.35. The van der Waals surface area contributed by atoms with Gasteiger partial charge >= 0.3 is 5.97 Å². The average molecular weight is 439 g/mol. The molecule has 0 saturated carbocycles. The molecule has 10 heteroatoms. The molecule has 0 aliphatic rings. The second kappa shape index (κ2) is 8.30. The van der Waals surface area contributed by atoms with Crippen molar-refractivity contribution in [1.82, 2.24) is 8.96 Å². The van der Waals surface area contributed by atoms with Gasteiger partial charge in [-0.2, -0.15) is 0 Å². The van der Waals surface area contributed by atoms with E-state index in [0.29, 0.717) is 22.5 Å². The van der Waals surface area contributed by atoms with Gasteiger partial charge in [-0.25, -0.2) is 17.4 Å². The van der Waals surface area contributed by atoms with Crippen LogP contribution in [0.5, 0.6) is 11.5 Å². The van der Waals surface area contributed by atoms with Crippen LogP contribution < -0.4 is 9.47 Å². The second-order valence-corrected chi connectivity index (χ2v) is 8.35. The zero-order valence-electron chi connectivity index (χ0n) is 15.8. The van der Waals surface area contributed by atoms with E-state index in [1.807, 2.05) is 0 Å². The van der Waals surface area contributed by atoms with E-state index >= 15 is 0 Å². The molecule has 29 heavy (non-hydrogen) atoms. The highest BCUT2D eigenvalue weighted by Gasteiger charge is 2.27. The molecule has 2 heterocycles. The number of fused-ring (bicyclic) bond motifs is 1. The van der Waals surface area contributed by atoms with Gasteiger partial charge in [0.15, 0.2) is 0 Å². The molecule has 3 rings (SSSR count). The Morgan fingerprint density at radius 3 is 2.59 bits per heavy atom. The monoisotopic (exact) mass is 438 g/mol. The third kappa shape index (κ3) is 4.15. The molecule has 0 atom stereocenters. The SMILES string of the molecule is COc1ccc(OC)c(S(=O)(=O)n2c(CCCC(=O)O)cc3nc(Cl)ccc32)c1. The number of aromatic nitrogens is 2. The van der Waals surface area contributed by atoms with Crippen molar-refractivity contribution < 1.29 is 27.8 Å². The molecule has 0 fully saturated rings. The van der Waals surface area contributed by atoms with E-state index in [-0.39, 0.29) is 35.1 Å². The van der Waals surface area contributed by atoms with Crippen LogP contribution in [0.1, 0.15) is 18.5 Å². The van der Waals surface area contributed by atoms with Crippen LogP contribution in [0.4, 0.5) is 0 Å². The number of pyridine rings is 1. The maximum Gasteiger partial charge on any atom is 0.303 e. The van der Waals surface area contributed by atoms with Crippen LogP contribution in [-0.4, -0.2) is 42.7 Å². The highest BCUT2D eigenvalue weighted by atomic mass is 35.5. The minimum Gasteiger partial charge on any atom is -0.497 e. The predicted molar refractivity (Wildman–Crippen MR) is 107 cm³/mol. The van der Waals surface area contributed by atoms with Crippen molar-refractivity contribution in [2.45, 2.75) is 24.2 Å². The van der Waals surface area contributed by atoms with Gasteiger partial charge in [-0.3, -0.25) is 4.79 Å². The summed E-state index contributed by atoms with van der Waals surface area (Å²) < 4.78 is 38.8. The Morgan fingerprint density at radius 1 is 1.17 bits per heavy atom. The van der Waals surface area contributed by atoms with Crippen molar-refractivity contribution in [3.8, 4) is 11.5 Å². The van der Waals surface area contributed by atoms with Gasteiger partial charge in [0, 0.05) is 18.2 Å². The van der Waals surface area contributed by atoms with Crippen LogP contribution in [-0.2, 0) is 21.2 Å². The number of methoxy groups -OCH3 is 2. The Balaban J connectivity index is 2.22. The lowest BCUT2D eigenvalue weighted by Crippen LogP contribution is -2.17. The molecule has 0 radical (unpaired) electrons. The number of halogens is 1. The van der Waals surface area contributed by atoms with Gasteiger partial charge < -0.3 is 14.6 Å². The Bertz CT molecular complexity index is 1170. The Kier molecular flexibility index (Phi) is 5.99. The normalized spacial score (nSPS) is 11.6. The fourth-order valence-electron chi connectivity index (χ4n) is 3.05. The van der Waals surface area contributed by atoms with Crippen molar-refractivity contribution >= 4 is 38.6 Å². The van der Waals surface area contributed by atoms with Gasteiger partial charge in [0.2, 0.25) is 0 Å². The number of rotatable bonds is 8. The summed E-state index contributed by atoms with van der Waals surface area (Å²) in [6.07, 6.45) is 0.411. The lowest BCUT2D eigenvalue weighted by atomic mass is 10.2. The number of hydrogen-bond donors (Lipinski definition) is 1. The molecule has 2 aromatic heterocycles. The first kappa shape index (κ1) is 20.9. The first-order valence-corrected chi connectivity index (χ1v) is 10.5. The largest absolute Gasteiger partial charge is 0.497 e. The van der Waals surface area contributed by atoms with Gasteiger partial charge in [-0.05, 0) is 43.2 Å². The third-order valence-electron chi connectivity index (χ3n) is 4.36. The molecule has 1 aromatic carbocycles. The van der Waals surface area contributed by atoms with Crippen LogP contribution in [0.15, 0.2) is 41.3 Å². The highest BCUT2D eigenvalue weighted by Crippen LogP contribution is 2.33. The minimum absolute atomic E-state index is 0.0775. The molecule has 0 unspecified atom stereocenters. The van der Waals surface area contributed by atoms with Crippen LogP contribution in [0.3, 0.4) is 0 Å². The first-order chi connectivity index (χ1) is 13.8. The van der Waals surface area contributed by atoms with Crippen molar-refractivity contribution in [1.29, 1.82) is 0 Å². The molecular weight excluding hydrogens is 420 g/mol. The average Bonchev–Trinajstić information content (AvgIpc) is 3.05. The van der Waals surface area contributed by atoms with Crippen molar-refractivity contribution in [3.63, 3.8) is 0 Å². The standard InChI is InChI=1S/C19H19ClN2O6S/c1-27-13-6-8-16(28-2)17(11-13)29(25,26)22-12(4-3-5-19(23)24)10-14-15(22)7-9-18(20)21-14/h6-11H,3-5H2,1-2H3,(H,23,24). The van der Waals surface area contributed by atoms with E-state index in [4.69, 9.17) is 26.2 Å². The Morgan fingerprint density at radius 2 is 1.93 bits per heavy atom. The number of benzene rings is 1. The van der Waals surface area contributed by atoms with E-state index < -0.39 is 16.0 Å². The number of nitrogens with zero attached hydrogens (tertiary/aromatic N) is 2. The summed E-state index contributed by atoms with van der Waals surface area (Å²) in [5, 5.41) is 9.14. The molecule has 1 N–H and O–H groups in total. The number of aliphatic carboxylic acids is 1. The second-order valence-electron chi connectivity index (χ2n) is 6.21. The molecule has 8 nitrogen and oxygen atoms in total. The maximum atomic E-state index is 13.6. The van der Waals surface area contributed by atoms with Crippen LogP contribution in [0.2, 0.25) is 5.15 Å². The number of ether oxygens (including phenoxy) is 2. The fraction of sp³-hybridized carbons (Fsp3) is 0.263. The Labute approximate surface area is 172 Å². The topological polar surface area (TPSA) is 108 Å². The number of aryl methyl sites for hydroxylation is 1. The first-order valence-electron chi connectivity index (χ1n) is 8.64. The smallest absolute Gasteiger partial charge is 0.303 e. The molecule has 0 spiro atoms. The maximum absolute atomic E-state index is 13.6. The zero-order valence-corrected chi connectivity index (χ0v) is 17.3. The number of carbonyl (C=O) groups is 1. The third-order valence-corrected chi connectivity index (χ3v) is 6.36. The van der Waals surface area contributed by atoms with Crippen molar-refractivity contribution in [2.24, 2.45) is 0 Å². The van der Waals surface area contributed by atoms with E-state index in [0.717, 1.165) is 3.97 Å². The fourth-order valence-corrected chi connectivity index (χ4v) is 4.94. The van der Waals surface area contributed by atoms with E-state index in [2.05, 4.69) is 4.98 Å². The van der Waals surface area contributed by atoms with Crippen molar-refractivity contribution in [3.05, 3.63) is 47.2 Å². The summed E-state index contributed by atoms with van der Waals surface area (Å²) in [5.74, 6) is -0.438. The summed E-state index contributed by atoms with van der Waals surface area (Å²) in [6, 6.07) is 9.16. The van der Waals surface area contributed by atoms with E-state index in [9.17, 15) is 13.2 Å². The van der Waals surface area contributed by atoms with Gasteiger partial charge in [0.1, 0.15) is 21.5 Å². The van der Waals surface area contributed by atoms with Crippen molar-refractivity contribution in [2.75, 3.05) is 14.2 Å². The quantitative estimate of drug-likeness (QED) is 0.537. The molecule has 3 aromatic rings. The molecular formula is C19H19ClN2O6S. The Hall–Kier alpha value is -2.78. The zero-order chi connectivity index (χ0) is 21.2. The molecule has 0 bridgehead atoms. The summed E-state index contributed by atoms with van der Waals surface area (Å²) in [5.41, 5.74) is 1.14. The highest BCUT2D eigenvalue weighted by molar-refractivity contribution is 7.90. The number of carboxylic acids is 1. The molecule has 0 aliphatic carbocycles. The van der Waals surface area contributed by atoms with Crippen LogP contribution >= 0.6 is 11.6 Å². The van der Waals surface area contributed by atoms with Crippen LogP contribution in [0, 0.1) is 0 Å². The number of carboxylic acid groups (broad SMARTS) is 1. The van der Waals surface area contributed by atoms with Gasteiger partial charge in [-0.1, -0.05) is 11.6 Å². The summed E-state index contributed by atoms with van der Waals surface area (Å²) in [4.78, 5) is 15.0. The van der Waals surface area contributed by atoms with Gasteiger partial charge in [-0.15, -0.1) is 0 Å². The molecule has 0 aliphatic heterocycles. The summed E-state index contributed by atoms with van der Waals surface area (Å²) in [6.45, 7) is 0. The minimum atomic E-state index is -4.11. The molecule has 154 valence electrons. The van der Waals surface area contributed by atoms with E-state index in [1.165, 1.54) is 32.4 Å². The van der Waals surface area contributed by atoms with Gasteiger partial charge in [0.05, 0.1) is 25.3 Å². The summed E-state index contributed by atoms with van der Waals surface area (Å²) in [7, 11) is -1.29. The summed E-state index contributed by atoms with van der Waals surface area (Å²) >= 11 is 5.96. The van der Waals surface area contributed by atoms with E-state index in [1.54, 1.807) is 18.2 Å².